The molecule has 0 heterocycles. The summed E-state index contributed by atoms with van der Waals surface area (Å²) in [7, 11) is 0. The van der Waals surface area contributed by atoms with Gasteiger partial charge < -0.3 is 19.9 Å². The number of anilines is 1. The highest BCUT2D eigenvalue weighted by Gasteiger charge is 2.12. The lowest BCUT2D eigenvalue weighted by Crippen LogP contribution is -2.13. The number of carboxylic acid groups (broad SMARTS) is 1. The van der Waals surface area contributed by atoms with Gasteiger partial charge in [0, 0.05) is 17.0 Å². The number of nitrogens with one attached hydrogen (secondary N) is 1. The number of carboxylic acids is 1. The van der Waals surface area contributed by atoms with E-state index in [-0.39, 0.29) is 17.9 Å². The predicted octanol–water partition coefficient (Wildman–Crippen LogP) is 9.76. The van der Waals surface area contributed by atoms with Crippen LogP contribution in [0.25, 0.3) is 0 Å². The molecule has 2 aromatic rings. The van der Waals surface area contributed by atoms with Gasteiger partial charge in [0.25, 0.3) is 0 Å². The molecule has 41 heavy (non-hydrogen) atoms. The van der Waals surface area contributed by atoms with E-state index in [2.05, 4.69) is 12.2 Å². The molecule has 7 heteroatoms. The smallest absolute Gasteiger partial charge is 0.336 e. The van der Waals surface area contributed by atoms with Crippen LogP contribution in [0.15, 0.2) is 47.4 Å². The molecule has 0 unspecified atom stereocenters. The first kappa shape index (κ1) is 34.5. The summed E-state index contributed by atoms with van der Waals surface area (Å²) in [6, 6.07) is 12.5. The second-order valence-corrected chi connectivity index (χ2v) is 11.5. The highest BCUT2D eigenvalue weighted by atomic mass is 32.2. The lowest BCUT2D eigenvalue weighted by molar-refractivity contribution is -0.116. The Morgan fingerprint density at radius 1 is 0.707 bits per heavy atom. The van der Waals surface area contributed by atoms with Gasteiger partial charge >= 0.3 is 5.97 Å². The molecule has 2 aromatic carbocycles. The largest absolute Gasteiger partial charge is 0.494 e. The fourth-order valence-electron chi connectivity index (χ4n) is 4.72. The number of thioether (sulfide) groups is 1. The number of ether oxygens (including phenoxy) is 2. The molecule has 0 bridgehead atoms. The first-order chi connectivity index (χ1) is 20.0. The van der Waals surface area contributed by atoms with Crippen molar-refractivity contribution < 1.29 is 24.2 Å². The summed E-state index contributed by atoms with van der Waals surface area (Å²) in [6.45, 7) is 3.43. The number of benzene rings is 2. The molecular formula is C34H51NO5S. The number of unbranched alkanes of at least 4 members (excludes halogenated alkanes) is 13. The van der Waals surface area contributed by atoms with Crippen molar-refractivity contribution in [1.82, 2.24) is 0 Å². The van der Waals surface area contributed by atoms with Crippen LogP contribution in [0.1, 0.15) is 120 Å². The molecule has 0 atom stereocenters. The lowest BCUT2D eigenvalue weighted by Gasteiger charge is -2.10. The molecule has 0 radical (unpaired) electrons. The Labute approximate surface area is 252 Å². The Morgan fingerprint density at radius 2 is 1.20 bits per heavy atom. The van der Waals surface area contributed by atoms with Gasteiger partial charge in [-0.05, 0) is 61.6 Å². The minimum absolute atomic E-state index is 0.172. The van der Waals surface area contributed by atoms with Gasteiger partial charge in [0.05, 0.1) is 18.8 Å². The maximum absolute atomic E-state index is 12.2. The van der Waals surface area contributed by atoms with Crippen LogP contribution in [-0.4, -0.2) is 36.5 Å². The van der Waals surface area contributed by atoms with Gasteiger partial charge in [-0.15, -0.1) is 11.8 Å². The van der Waals surface area contributed by atoms with Crippen LogP contribution in [0.2, 0.25) is 0 Å². The van der Waals surface area contributed by atoms with Crippen LogP contribution in [0.5, 0.6) is 11.5 Å². The first-order valence-corrected chi connectivity index (χ1v) is 16.8. The summed E-state index contributed by atoms with van der Waals surface area (Å²) in [5.41, 5.74) is 0.668. The molecule has 0 fully saturated rings. The van der Waals surface area contributed by atoms with E-state index >= 15 is 0 Å². The van der Waals surface area contributed by atoms with Crippen molar-refractivity contribution in [3.05, 3.63) is 48.0 Å². The van der Waals surface area contributed by atoms with Gasteiger partial charge in [-0.3, -0.25) is 4.79 Å². The number of carbonyl (C=O) groups excluding carboxylic acids is 1. The third kappa shape index (κ3) is 15.8. The number of hydrogen-bond acceptors (Lipinski definition) is 5. The molecule has 228 valence electrons. The SMILES string of the molecule is CCCCCCCCCCCCCCCCOc1ccc(OCCCC(=O)Nc2ccc(SC)c(C(=O)O)c2)cc1. The van der Waals surface area contributed by atoms with Crippen LogP contribution < -0.4 is 14.8 Å². The van der Waals surface area contributed by atoms with Crippen LogP contribution in [-0.2, 0) is 4.79 Å². The van der Waals surface area contributed by atoms with Crippen LogP contribution in [0, 0.1) is 0 Å². The third-order valence-corrected chi connectivity index (χ3v) is 7.92. The summed E-state index contributed by atoms with van der Waals surface area (Å²) < 4.78 is 11.6. The van der Waals surface area contributed by atoms with Crippen LogP contribution in [0.3, 0.4) is 0 Å². The Balaban J connectivity index is 1.47. The quantitative estimate of drug-likeness (QED) is 0.0942. The molecule has 0 aromatic heterocycles. The Morgan fingerprint density at radius 3 is 1.68 bits per heavy atom. The lowest BCUT2D eigenvalue weighted by atomic mass is 10.0. The van der Waals surface area contributed by atoms with E-state index in [4.69, 9.17) is 9.47 Å². The van der Waals surface area contributed by atoms with E-state index in [1.807, 2.05) is 30.5 Å². The van der Waals surface area contributed by atoms with Crippen molar-refractivity contribution in [3.8, 4) is 11.5 Å². The molecule has 1 amide bonds. The molecule has 2 N–H and O–H groups in total. The van der Waals surface area contributed by atoms with Crippen molar-refractivity contribution in [2.24, 2.45) is 0 Å². The molecule has 0 spiro atoms. The Kier molecular flexibility index (Phi) is 18.5. The van der Waals surface area contributed by atoms with Gasteiger partial charge in [-0.25, -0.2) is 4.79 Å². The van der Waals surface area contributed by atoms with E-state index in [9.17, 15) is 14.7 Å². The topological polar surface area (TPSA) is 84.9 Å². The van der Waals surface area contributed by atoms with Gasteiger partial charge in [0.2, 0.25) is 5.91 Å². The standard InChI is InChI=1S/C34H51NO5S/c1-3-4-5-6-7-8-9-10-11-12-13-14-15-16-25-39-29-20-22-30(23-21-29)40-26-17-18-33(36)35-28-19-24-32(41-2)31(27-28)34(37)38/h19-24,27H,3-18,25-26H2,1-2H3,(H,35,36)(H,37,38). The van der Waals surface area contributed by atoms with Gasteiger partial charge in [0.1, 0.15) is 11.5 Å². The Bertz CT molecular complexity index is 995. The van der Waals surface area contributed by atoms with Crippen molar-refractivity contribution in [2.75, 3.05) is 24.8 Å². The normalized spacial score (nSPS) is 10.9. The monoisotopic (exact) mass is 585 g/mol. The second kappa shape index (κ2) is 22.0. The summed E-state index contributed by atoms with van der Waals surface area (Å²) in [6.07, 6.45) is 21.5. The minimum atomic E-state index is -1.01. The zero-order chi connectivity index (χ0) is 29.5. The summed E-state index contributed by atoms with van der Waals surface area (Å²) in [5.74, 6) is 0.409. The van der Waals surface area contributed by atoms with Crippen molar-refractivity contribution in [1.29, 1.82) is 0 Å². The maximum Gasteiger partial charge on any atom is 0.336 e. The fourth-order valence-corrected chi connectivity index (χ4v) is 5.29. The molecule has 0 aliphatic heterocycles. The van der Waals surface area contributed by atoms with Gasteiger partial charge in [-0.1, -0.05) is 90.4 Å². The zero-order valence-electron chi connectivity index (χ0n) is 25.3. The van der Waals surface area contributed by atoms with Crippen molar-refractivity contribution in [3.63, 3.8) is 0 Å². The van der Waals surface area contributed by atoms with E-state index in [1.54, 1.807) is 12.1 Å². The molecular weight excluding hydrogens is 534 g/mol. The summed E-state index contributed by atoms with van der Waals surface area (Å²) >= 11 is 1.36. The highest BCUT2D eigenvalue weighted by Crippen LogP contribution is 2.24. The van der Waals surface area contributed by atoms with Gasteiger partial charge in [0.15, 0.2) is 0 Å². The molecule has 0 saturated carbocycles. The average molecular weight is 586 g/mol. The molecule has 2 rings (SSSR count). The first-order valence-electron chi connectivity index (χ1n) is 15.6. The second-order valence-electron chi connectivity index (χ2n) is 10.6. The minimum Gasteiger partial charge on any atom is -0.494 e. The van der Waals surface area contributed by atoms with E-state index in [0.29, 0.717) is 23.6 Å². The number of rotatable bonds is 24. The van der Waals surface area contributed by atoms with Crippen LogP contribution in [0.4, 0.5) is 5.69 Å². The van der Waals surface area contributed by atoms with Crippen LogP contribution >= 0.6 is 11.8 Å². The maximum atomic E-state index is 12.2. The number of amides is 1. The van der Waals surface area contributed by atoms with Crippen molar-refractivity contribution in [2.45, 2.75) is 115 Å². The summed E-state index contributed by atoms with van der Waals surface area (Å²) in [4.78, 5) is 24.3. The fraction of sp³-hybridized carbons (Fsp3) is 0.588. The molecule has 6 nitrogen and oxygen atoms in total. The molecule has 0 saturated heterocycles. The Hall–Kier alpha value is -2.67. The molecule has 0 aliphatic rings. The summed E-state index contributed by atoms with van der Waals surface area (Å²) in [5, 5.41) is 12.1. The number of carbonyl (C=O) groups is 2. The van der Waals surface area contributed by atoms with Gasteiger partial charge in [-0.2, -0.15) is 0 Å². The zero-order valence-corrected chi connectivity index (χ0v) is 26.1. The highest BCUT2D eigenvalue weighted by molar-refractivity contribution is 7.98. The number of hydrogen-bond donors (Lipinski definition) is 2. The van der Waals surface area contributed by atoms with Crippen molar-refractivity contribution >= 4 is 29.3 Å². The van der Waals surface area contributed by atoms with E-state index in [1.165, 1.54) is 101 Å². The van der Waals surface area contributed by atoms with E-state index in [0.717, 1.165) is 24.5 Å². The number of aromatic carboxylic acids is 1. The third-order valence-electron chi connectivity index (χ3n) is 7.12. The molecule has 0 aliphatic carbocycles. The average Bonchev–Trinajstić information content (AvgIpc) is 2.98. The van der Waals surface area contributed by atoms with E-state index < -0.39 is 5.97 Å². The predicted molar refractivity (Wildman–Crippen MR) is 171 cm³/mol.